The third-order valence-electron chi connectivity index (χ3n) is 4.01. The van der Waals surface area contributed by atoms with Gasteiger partial charge in [0.15, 0.2) is 0 Å². The first kappa shape index (κ1) is 20.6. The van der Waals surface area contributed by atoms with E-state index in [0.717, 1.165) is 77.6 Å². The minimum absolute atomic E-state index is 0.738. The van der Waals surface area contributed by atoms with E-state index in [9.17, 15) is 0 Å². The monoisotopic (exact) mass is 340 g/mol. The smallest absolute Gasteiger partial charge is 0.370 e. The number of rotatable bonds is 13. The minimum Gasteiger partial charge on any atom is -0.370 e. The van der Waals surface area contributed by atoms with Gasteiger partial charge in [-0.05, 0) is 38.5 Å². The average molecular weight is 341 g/mol. The summed E-state index contributed by atoms with van der Waals surface area (Å²) in [6.45, 7) is 8.79. The molecule has 0 unspecified atom stereocenters. The molecule has 4 heteroatoms. The number of unbranched alkanes of at least 4 members (excludes halogenated alkanes) is 3. The van der Waals surface area contributed by atoms with Crippen molar-refractivity contribution >= 4 is 8.80 Å². The first-order valence-corrected chi connectivity index (χ1v) is 11.3. The number of hydrogen-bond acceptors (Lipinski definition) is 3. The van der Waals surface area contributed by atoms with Crippen molar-refractivity contribution < 1.29 is 13.3 Å². The summed E-state index contributed by atoms with van der Waals surface area (Å²) in [5.74, 6) is 0. The third-order valence-corrected chi connectivity index (χ3v) is 6.97. The predicted octanol–water partition coefficient (Wildman–Crippen LogP) is 5.58. The standard InChI is InChI=1S/C19H36O3Si/c1-4-7-16-20-23(21-17-8-5-2,22-18-9-6-3)19-14-12-10-11-13-15-19/h10,12,14H,4-9,11,13,15-18H2,1-3H3. The van der Waals surface area contributed by atoms with Gasteiger partial charge in [-0.25, -0.2) is 0 Å². The van der Waals surface area contributed by atoms with Crippen molar-refractivity contribution in [1.82, 2.24) is 0 Å². The summed E-state index contributed by atoms with van der Waals surface area (Å²) >= 11 is 0. The van der Waals surface area contributed by atoms with Crippen LogP contribution in [0.15, 0.2) is 23.4 Å². The van der Waals surface area contributed by atoms with E-state index in [4.69, 9.17) is 13.3 Å². The second-order valence-corrected chi connectivity index (χ2v) is 8.80. The summed E-state index contributed by atoms with van der Waals surface area (Å²) in [5, 5.41) is 1.27. The van der Waals surface area contributed by atoms with Gasteiger partial charge in [0.05, 0.1) is 0 Å². The Bertz CT molecular complexity index is 326. The van der Waals surface area contributed by atoms with E-state index in [1.54, 1.807) is 0 Å². The molecule has 134 valence electrons. The molecule has 0 aromatic heterocycles. The van der Waals surface area contributed by atoms with E-state index in [1.165, 1.54) is 5.20 Å². The molecule has 0 spiro atoms. The molecule has 0 aromatic rings. The topological polar surface area (TPSA) is 27.7 Å². The van der Waals surface area contributed by atoms with E-state index in [1.807, 2.05) is 0 Å². The van der Waals surface area contributed by atoms with Crippen molar-refractivity contribution in [2.45, 2.75) is 78.6 Å². The van der Waals surface area contributed by atoms with E-state index in [0.29, 0.717) is 0 Å². The Kier molecular flexibility index (Phi) is 11.6. The van der Waals surface area contributed by atoms with Crippen molar-refractivity contribution in [2.75, 3.05) is 19.8 Å². The van der Waals surface area contributed by atoms with Crippen LogP contribution in [0.5, 0.6) is 0 Å². The molecule has 0 saturated carbocycles. The molecule has 0 fully saturated rings. The lowest BCUT2D eigenvalue weighted by Crippen LogP contribution is -2.49. The largest absolute Gasteiger partial charge is 0.532 e. The van der Waals surface area contributed by atoms with Gasteiger partial charge >= 0.3 is 8.80 Å². The van der Waals surface area contributed by atoms with Crippen LogP contribution in [-0.4, -0.2) is 28.6 Å². The molecule has 0 radical (unpaired) electrons. The Hall–Kier alpha value is -0.423. The molecule has 0 atom stereocenters. The maximum Gasteiger partial charge on any atom is 0.532 e. The summed E-state index contributed by atoms with van der Waals surface area (Å²) in [5.41, 5.74) is 0. The van der Waals surface area contributed by atoms with Gasteiger partial charge in [0, 0.05) is 25.0 Å². The maximum absolute atomic E-state index is 6.35. The maximum atomic E-state index is 6.35. The van der Waals surface area contributed by atoms with Crippen molar-refractivity contribution in [3.63, 3.8) is 0 Å². The highest BCUT2D eigenvalue weighted by Crippen LogP contribution is 2.28. The van der Waals surface area contributed by atoms with Gasteiger partial charge in [0.1, 0.15) is 0 Å². The summed E-state index contributed by atoms with van der Waals surface area (Å²) in [7, 11) is -2.73. The summed E-state index contributed by atoms with van der Waals surface area (Å²) in [6.07, 6.45) is 16.5. The second-order valence-electron chi connectivity index (χ2n) is 6.17. The van der Waals surface area contributed by atoms with Crippen LogP contribution in [0.3, 0.4) is 0 Å². The Balaban J connectivity index is 2.88. The number of allylic oxidation sites excluding steroid dienone is 4. The molecular formula is C19H36O3Si. The second kappa shape index (κ2) is 12.9. The van der Waals surface area contributed by atoms with Gasteiger partial charge in [0.25, 0.3) is 0 Å². The lowest BCUT2D eigenvalue weighted by molar-refractivity contribution is 0.0642. The van der Waals surface area contributed by atoms with E-state index in [-0.39, 0.29) is 0 Å². The lowest BCUT2D eigenvalue weighted by Gasteiger charge is -2.32. The molecule has 1 rings (SSSR count). The van der Waals surface area contributed by atoms with Crippen molar-refractivity contribution in [1.29, 1.82) is 0 Å². The Morgan fingerprint density at radius 3 is 1.87 bits per heavy atom. The highest BCUT2D eigenvalue weighted by Gasteiger charge is 2.45. The van der Waals surface area contributed by atoms with Crippen molar-refractivity contribution in [3.8, 4) is 0 Å². The fraction of sp³-hybridized carbons (Fsp3) is 0.789. The van der Waals surface area contributed by atoms with E-state index in [2.05, 4.69) is 39.0 Å². The van der Waals surface area contributed by atoms with Crippen LogP contribution < -0.4 is 0 Å². The molecule has 3 nitrogen and oxygen atoms in total. The lowest BCUT2D eigenvalue weighted by atomic mass is 10.2. The molecule has 0 amide bonds. The van der Waals surface area contributed by atoms with E-state index < -0.39 is 8.80 Å². The highest BCUT2D eigenvalue weighted by atomic mass is 28.4. The average Bonchev–Trinajstić information content (AvgIpc) is 2.85. The highest BCUT2D eigenvalue weighted by molar-refractivity contribution is 6.68. The molecule has 0 heterocycles. The van der Waals surface area contributed by atoms with Crippen LogP contribution >= 0.6 is 0 Å². The predicted molar refractivity (Wildman–Crippen MR) is 99.4 cm³/mol. The fourth-order valence-corrected chi connectivity index (χ4v) is 5.31. The van der Waals surface area contributed by atoms with Gasteiger partial charge in [-0.2, -0.15) is 0 Å². The fourth-order valence-electron chi connectivity index (χ4n) is 2.48. The third kappa shape index (κ3) is 7.79. The molecule has 0 bridgehead atoms. The SMILES string of the molecule is CCCCO[Si](OCCCC)(OCCCC)C1=CC=CCCC1. The zero-order valence-electron chi connectivity index (χ0n) is 15.4. The van der Waals surface area contributed by atoms with Crippen LogP contribution in [-0.2, 0) is 13.3 Å². The van der Waals surface area contributed by atoms with Crippen LogP contribution in [0.4, 0.5) is 0 Å². The zero-order valence-corrected chi connectivity index (χ0v) is 16.4. The van der Waals surface area contributed by atoms with Crippen LogP contribution in [0.1, 0.15) is 78.6 Å². The Morgan fingerprint density at radius 2 is 1.39 bits per heavy atom. The molecule has 23 heavy (non-hydrogen) atoms. The van der Waals surface area contributed by atoms with Gasteiger partial charge in [-0.3, -0.25) is 0 Å². The van der Waals surface area contributed by atoms with Crippen LogP contribution in [0.2, 0.25) is 0 Å². The first-order valence-electron chi connectivity index (χ1n) is 9.57. The molecule has 0 saturated heterocycles. The zero-order chi connectivity index (χ0) is 16.8. The van der Waals surface area contributed by atoms with Gasteiger partial charge < -0.3 is 13.3 Å². The molecule has 0 aromatic carbocycles. The van der Waals surface area contributed by atoms with Gasteiger partial charge in [-0.15, -0.1) is 0 Å². The summed E-state index contributed by atoms with van der Waals surface area (Å²) in [4.78, 5) is 0. The van der Waals surface area contributed by atoms with Crippen LogP contribution in [0.25, 0.3) is 0 Å². The Labute approximate surface area is 144 Å². The molecule has 1 aliphatic rings. The molecule has 1 aliphatic carbocycles. The Morgan fingerprint density at radius 1 is 0.870 bits per heavy atom. The molecular weight excluding hydrogens is 304 g/mol. The summed E-state index contributed by atoms with van der Waals surface area (Å²) in [6, 6.07) is 0. The van der Waals surface area contributed by atoms with Gasteiger partial charge in [-0.1, -0.05) is 58.3 Å². The van der Waals surface area contributed by atoms with E-state index >= 15 is 0 Å². The van der Waals surface area contributed by atoms with Gasteiger partial charge in [0.2, 0.25) is 0 Å². The number of hydrogen-bond donors (Lipinski definition) is 0. The van der Waals surface area contributed by atoms with Crippen molar-refractivity contribution in [3.05, 3.63) is 23.4 Å². The molecule has 0 aliphatic heterocycles. The summed E-state index contributed by atoms with van der Waals surface area (Å²) < 4.78 is 19.1. The van der Waals surface area contributed by atoms with Crippen molar-refractivity contribution in [2.24, 2.45) is 0 Å². The molecule has 0 N–H and O–H groups in total. The minimum atomic E-state index is -2.73. The first-order chi connectivity index (χ1) is 11.3. The quantitative estimate of drug-likeness (QED) is 0.323. The normalized spacial score (nSPS) is 15.5. The van der Waals surface area contributed by atoms with Crippen LogP contribution in [0, 0.1) is 0 Å².